The SMILES string of the molecule is COc1cc(/C(O)=C2\C(=O)C(=O)N(c3ccc4c(c3)OCCO4)C2c2ccccc2OC)ccc1Cl. The number of fused-ring (bicyclic) bond motifs is 1. The number of para-hydroxylation sites is 1. The number of aliphatic hydroxyl groups is 1. The Morgan fingerprint density at radius 3 is 2.42 bits per heavy atom. The van der Waals surface area contributed by atoms with Gasteiger partial charge in [0.25, 0.3) is 11.7 Å². The molecule has 2 heterocycles. The summed E-state index contributed by atoms with van der Waals surface area (Å²) in [7, 11) is 2.94. The molecule has 3 aromatic rings. The number of amides is 1. The highest BCUT2D eigenvalue weighted by Gasteiger charge is 2.48. The van der Waals surface area contributed by atoms with E-state index in [-0.39, 0.29) is 16.9 Å². The fourth-order valence-electron chi connectivity index (χ4n) is 4.43. The Kier molecular flexibility index (Phi) is 6.20. The van der Waals surface area contributed by atoms with Gasteiger partial charge in [0.2, 0.25) is 0 Å². The van der Waals surface area contributed by atoms with Crippen LogP contribution in [0.5, 0.6) is 23.0 Å². The van der Waals surface area contributed by atoms with Gasteiger partial charge < -0.3 is 24.1 Å². The fraction of sp³-hybridized carbons (Fsp3) is 0.185. The van der Waals surface area contributed by atoms with Crippen molar-refractivity contribution in [2.24, 2.45) is 0 Å². The quantitative estimate of drug-likeness (QED) is 0.302. The predicted octanol–water partition coefficient (Wildman–Crippen LogP) is 4.75. The van der Waals surface area contributed by atoms with Crippen molar-refractivity contribution in [1.82, 2.24) is 0 Å². The highest BCUT2D eigenvalue weighted by atomic mass is 35.5. The number of carbonyl (C=O) groups is 2. The first-order valence-electron chi connectivity index (χ1n) is 11.1. The number of ketones is 1. The van der Waals surface area contributed by atoms with Gasteiger partial charge in [-0.3, -0.25) is 14.5 Å². The molecule has 2 aliphatic rings. The van der Waals surface area contributed by atoms with Gasteiger partial charge in [0, 0.05) is 22.9 Å². The van der Waals surface area contributed by atoms with Crippen LogP contribution in [-0.2, 0) is 9.59 Å². The van der Waals surface area contributed by atoms with Gasteiger partial charge in [0.15, 0.2) is 11.5 Å². The molecule has 0 saturated carbocycles. The normalized spacial score (nSPS) is 18.3. The van der Waals surface area contributed by atoms with E-state index >= 15 is 0 Å². The average molecular weight is 508 g/mol. The van der Waals surface area contributed by atoms with Crippen LogP contribution in [-0.4, -0.2) is 44.2 Å². The second-order valence-electron chi connectivity index (χ2n) is 8.09. The summed E-state index contributed by atoms with van der Waals surface area (Å²) >= 11 is 6.15. The zero-order chi connectivity index (χ0) is 25.4. The van der Waals surface area contributed by atoms with E-state index in [2.05, 4.69) is 0 Å². The molecular formula is C27H22ClNO7. The zero-order valence-electron chi connectivity index (χ0n) is 19.5. The summed E-state index contributed by atoms with van der Waals surface area (Å²) in [5.74, 6) is -0.232. The van der Waals surface area contributed by atoms with Gasteiger partial charge in [-0.15, -0.1) is 0 Å². The van der Waals surface area contributed by atoms with Crippen molar-refractivity contribution < 1.29 is 33.6 Å². The lowest BCUT2D eigenvalue weighted by atomic mass is 9.94. The Bertz CT molecular complexity index is 1400. The summed E-state index contributed by atoms with van der Waals surface area (Å²) in [5.41, 5.74) is 1.11. The first-order valence-corrected chi connectivity index (χ1v) is 11.5. The number of benzene rings is 3. The summed E-state index contributed by atoms with van der Waals surface area (Å²) in [5, 5.41) is 11.7. The molecule has 8 nitrogen and oxygen atoms in total. The number of rotatable bonds is 5. The van der Waals surface area contributed by atoms with Crippen LogP contribution >= 0.6 is 11.6 Å². The minimum Gasteiger partial charge on any atom is -0.507 e. The minimum atomic E-state index is -0.981. The maximum Gasteiger partial charge on any atom is 0.300 e. The van der Waals surface area contributed by atoms with E-state index in [0.29, 0.717) is 52.5 Å². The lowest BCUT2D eigenvalue weighted by Gasteiger charge is -2.28. The summed E-state index contributed by atoms with van der Waals surface area (Å²) < 4.78 is 22.1. The van der Waals surface area contributed by atoms with Crippen molar-refractivity contribution >= 4 is 34.7 Å². The third kappa shape index (κ3) is 3.89. The van der Waals surface area contributed by atoms with Crippen molar-refractivity contribution in [3.63, 3.8) is 0 Å². The van der Waals surface area contributed by atoms with Crippen LogP contribution in [0.2, 0.25) is 5.02 Å². The van der Waals surface area contributed by atoms with E-state index < -0.39 is 17.7 Å². The second-order valence-corrected chi connectivity index (χ2v) is 8.50. The van der Waals surface area contributed by atoms with Crippen molar-refractivity contribution in [3.05, 3.63) is 82.4 Å². The number of hydrogen-bond acceptors (Lipinski definition) is 7. The second kappa shape index (κ2) is 9.47. The van der Waals surface area contributed by atoms with Crippen LogP contribution < -0.4 is 23.8 Å². The monoisotopic (exact) mass is 507 g/mol. The molecule has 36 heavy (non-hydrogen) atoms. The Labute approximate surface area is 212 Å². The lowest BCUT2D eigenvalue weighted by molar-refractivity contribution is -0.132. The van der Waals surface area contributed by atoms with Gasteiger partial charge in [-0.2, -0.15) is 0 Å². The van der Waals surface area contributed by atoms with Gasteiger partial charge in [0.05, 0.1) is 30.9 Å². The minimum absolute atomic E-state index is 0.0937. The molecule has 1 unspecified atom stereocenters. The Hall–Kier alpha value is -4.17. The number of anilines is 1. The molecule has 0 bridgehead atoms. The molecule has 3 aromatic carbocycles. The van der Waals surface area contributed by atoms with Crippen molar-refractivity contribution in [1.29, 1.82) is 0 Å². The van der Waals surface area contributed by atoms with Gasteiger partial charge in [-0.05, 0) is 36.4 Å². The topological polar surface area (TPSA) is 94.5 Å². The molecule has 0 radical (unpaired) electrons. The van der Waals surface area contributed by atoms with E-state index in [1.165, 1.54) is 25.2 Å². The van der Waals surface area contributed by atoms with Gasteiger partial charge >= 0.3 is 0 Å². The average Bonchev–Trinajstić information content (AvgIpc) is 3.18. The summed E-state index contributed by atoms with van der Waals surface area (Å²) in [6, 6.07) is 15.7. The molecule has 1 N–H and O–H groups in total. The number of aliphatic hydroxyl groups excluding tert-OH is 1. The standard InChI is InChI=1S/C27H22ClNO7/c1-33-19-6-4-3-5-17(19)24-23(25(30)15-7-9-18(28)21(13-15)34-2)26(31)27(32)29(24)16-8-10-20-22(14-16)36-12-11-35-20/h3-10,13-14,24,30H,11-12H2,1-2H3/b25-23+. The van der Waals surface area contributed by atoms with Crippen molar-refractivity contribution in [2.75, 3.05) is 32.3 Å². The molecule has 1 amide bonds. The first kappa shape index (κ1) is 23.6. The number of methoxy groups -OCH3 is 2. The summed E-state index contributed by atoms with van der Waals surface area (Å²) in [6.45, 7) is 0.784. The van der Waals surface area contributed by atoms with E-state index in [4.69, 9.17) is 30.5 Å². The highest BCUT2D eigenvalue weighted by molar-refractivity contribution is 6.51. The molecule has 0 aromatic heterocycles. The maximum absolute atomic E-state index is 13.5. The number of carbonyl (C=O) groups excluding carboxylic acids is 2. The number of halogens is 1. The maximum atomic E-state index is 13.5. The van der Waals surface area contributed by atoms with Gasteiger partial charge in [0.1, 0.15) is 30.5 Å². The Balaban J connectivity index is 1.73. The number of nitrogens with zero attached hydrogens (tertiary/aromatic N) is 1. The van der Waals surface area contributed by atoms with Crippen LogP contribution in [0.1, 0.15) is 17.2 Å². The van der Waals surface area contributed by atoms with E-state index in [0.717, 1.165) is 0 Å². The molecular weight excluding hydrogens is 486 g/mol. The summed E-state index contributed by atoms with van der Waals surface area (Å²) in [4.78, 5) is 28.2. The molecule has 2 aliphatic heterocycles. The van der Waals surface area contributed by atoms with Crippen molar-refractivity contribution in [2.45, 2.75) is 6.04 Å². The fourth-order valence-corrected chi connectivity index (χ4v) is 4.62. The molecule has 1 saturated heterocycles. The van der Waals surface area contributed by atoms with Gasteiger partial charge in [-0.25, -0.2) is 0 Å². The molecule has 1 atom stereocenters. The Morgan fingerprint density at radius 1 is 0.944 bits per heavy atom. The third-order valence-corrected chi connectivity index (χ3v) is 6.42. The summed E-state index contributed by atoms with van der Waals surface area (Å²) in [6.07, 6.45) is 0. The Morgan fingerprint density at radius 2 is 1.67 bits per heavy atom. The van der Waals surface area contributed by atoms with Gasteiger partial charge in [-0.1, -0.05) is 29.8 Å². The van der Waals surface area contributed by atoms with Crippen LogP contribution in [0.4, 0.5) is 5.69 Å². The van der Waals surface area contributed by atoms with Crippen molar-refractivity contribution in [3.8, 4) is 23.0 Å². The molecule has 1 fully saturated rings. The molecule has 9 heteroatoms. The lowest BCUT2D eigenvalue weighted by Crippen LogP contribution is -2.30. The first-order chi connectivity index (χ1) is 17.4. The highest BCUT2D eigenvalue weighted by Crippen LogP contribution is 2.46. The van der Waals surface area contributed by atoms with Crippen LogP contribution in [0.3, 0.4) is 0 Å². The van der Waals surface area contributed by atoms with Crippen LogP contribution in [0.15, 0.2) is 66.2 Å². The van der Waals surface area contributed by atoms with Crippen LogP contribution in [0, 0.1) is 0 Å². The number of ether oxygens (including phenoxy) is 4. The smallest absolute Gasteiger partial charge is 0.300 e. The van der Waals surface area contributed by atoms with E-state index in [1.54, 1.807) is 54.6 Å². The zero-order valence-corrected chi connectivity index (χ0v) is 20.2. The predicted molar refractivity (Wildman–Crippen MR) is 133 cm³/mol. The third-order valence-electron chi connectivity index (χ3n) is 6.11. The molecule has 5 rings (SSSR count). The number of Topliss-reactive ketones (excluding diaryl/α,β-unsaturated/α-hetero) is 1. The molecule has 184 valence electrons. The number of hydrogen-bond donors (Lipinski definition) is 1. The molecule has 0 spiro atoms. The van der Waals surface area contributed by atoms with E-state index in [9.17, 15) is 14.7 Å². The largest absolute Gasteiger partial charge is 0.507 e. The molecule has 0 aliphatic carbocycles. The van der Waals surface area contributed by atoms with Crippen LogP contribution in [0.25, 0.3) is 5.76 Å². The van der Waals surface area contributed by atoms with E-state index in [1.807, 2.05) is 0 Å².